The van der Waals surface area contributed by atoms with E-state index in [1.54, 1.807) is 0 Å². The number of hydrogen-bond acceptors (Lipinski definition) is 3. The second kappa shape index (κ2) is 6.53. The molecule has 0 aromatic carbocycles. The van der Waals surface area contributed by atoms with Gasteiger partial charge < -0.3 is 15.0 Å². The average molecular weight is 254 g/mol. The smallest absolute Gasteiger partial charge is 0.222 e. The summed E-state index contributed by atoms with van der Waals surface area (Å²) in [5, 5.41) is 3.41. The molecule has 0 aliphatic carbocycles. The van der Waals surface area contributed by atoms with Crippen LogP contribution in [0.25, 0.3) is 0 Å². The van der Waals surface area contributed by atoms with Crippen molar-refractivity contribution in [2.45, 2.75) is 51.7 Å². The van der Waals surface area contributed by atoms with Crippen molar-refractivity contribution in [2.75, 3.05) is 26.2 Å². The summed E-state index contributed by atoms with van der Waals surface area (Å²) in [4.78, 5) is 14.3. The lowest BCUT2D eigenvalue weighted by molar-refractivity contribution is -0.143. The Balaban J connectivity index is 1.75. The van der Waals surface area contributed by atoms with Gasteiger partial charge in [0, 0.05) is 13.0 Å². The van der Waals surface area contributed by atoms with Gasteiger partial charge in [0.25, 0.3) is 0 Å². The predicted molar refractivity (Wildman–Crippen MR) is 71.4 cm³/mol. The SMILES string of the molecule is CC1CN(C(=O)CCC2CCCNC2)C(C)CO1. The van der Waals surface area contributed by atoms with Crippen LogP contribution in [-0.4, -0.2) is 49.2 Å². The van der Waals surface area contributed by atoms with Crippen molar-refractivity contribution in [2.24, 2.45) is 5.92 Å². The van der Waals surface area contributed by atoms with Crippen LogP contribution >= 0.6 is 0 Å². The van der Waals surface area contributed by atoms with E-state index in [-0.39, 0.29) is 12.1 Å². The maximum Gasteiger partial charge on any atom is 0.222 e. The van der Waals surface area contributed by atoms with Crippen LogP contribution in [0.1, 0.15) is 39.5 Å². The molecule has 3 unspecified atom stereocenters. The molecule has 0 aromatic rings. The number of carbonyl (C=O) groups excluding carboxylic acids is 1. The number of carbonyl (C=O) groups is 1. The molecule has 0 saturated carbocycles. The number of nitrogens with zero attached hydrogens (tertiary/aromatic N) is 1. The lowest BCUT2D eigenvalue weighted by atomic mass is 9.94. The van der Waals surface area contributed by atoms with Gasteiger partial charge in [-0.3, -0.25) is 4.79 Å². The first kappa shape index (κ1) is 13.8. The van der Waals surface area contributed by atoms with Crippen molar-refractivity contribution < 1.29 is 9.53 Å². The summed E-state index contributed by atoms with van der Waals surface area (Å²) >= 11 is 0. The number of morpholine rings is 1. The van der Waals surface area contributed by atoms with Gasteiger partial charge in [0.05, 0.1) is 18.8 Å². The van der Waals surface area contributed by atoms with Crippen molar-refractivity contribution in [3.63, 3.8) is 0 Å². The Morgan fingerprint density at radius 2 is 2.28 bits per heavy atom. The number of amides is 1. The Bertz CT molecular complexity index is 277. The second-order valence-electron chi connectivity index (χ2n) is 5.79. The molecule has 1 amide bonds. The maximum atomic E-state index is 12.2. The van der Waals surface area contributed by atoms with Gasteiger partial charge >= 0.3 is 0 Å². The molecular weight excluding hydrogens is 228 g/mol. The summed E-state index contributed by atoms with van der Waals surface area (Å²) < 4.78 is 5.56. The molecule has 0 spiro atoms. The summed E-state index contributed by atoms with van der Waals surface area (Å²) in [5.41, 5.74) is 0. The molecule has 18 heavy (non-hydrogen) atoms. The van der Waals surface area contributed by atoms with Crippen LogP contribution < -0.4 is 5.32 Å². The standard InChI is InChI=1S/C14H26N2O2/c1-11-10-18-12(2)9-16(11)14(17)6-5-13-4-3-7-15-8-13/h11-13,15H,3-10H2,1-2H3. The van der Waals surface area contributed by atoms with E-state index in [0.717, 1.165) is 26.1 Å². The largest absolute Gasteiger partial charge is 0.375 e. The van der Waals surface area contributed by atoms with Gasteiger partial charge in [-0.05, 0) is 52.1 Å². The molecule has 104 valence electrons. The molecule has 4 nitrogen and oxygen atoms in total. The highest BCUT2D eigenvalue weighted by Crippen LogP contribution is 2.19. The van der Waals surface area contributed by atoms with E-state index in [0.29, 0.717) is 24.9 Å². The van der Waals surface area contributed by atoms with E-state index >= 15 is 0 Å². The lowest BCUT2D eigenvalue weighted by Gasteiger charge is -2.37. The van der Waals surface area contributed by atoms with Gasteiger partial charge in [0.1, 0.15) is 0 Å². The Hall–Kier alpha value is -0.610. The predicted octanol–water partition coefficient (Wildman–Crippen LogP) is 1.40. The zero-order valence-corrected chi connectivity index (χ0v) is 11.7. The fourth-order valence-electron chi connectivity index (χ4n) is 2.89. The molecule has 0 bridgehead atoms. The van der Waals surface area contributed by atoms with Crippen LogP contribution in [0.15, 0.2) is 0 Å². The third kappa shape index (κ3) is 3.69. The summed E-state index contributed by atoms with van der Waals surface area (Å²) in [6.07, 6.45) is 4.44. The third-order valence-corrected chi connectivity index (χ3v) is 4.09. The molecule has 2 heterocycles. The number of piperidine rings is 1. The molecule has 2 rings (SSSR count). The summed E-state index contributed by atoms with van der Waals surface area (Å²) in [6.45, 7) is 7.77. The lowest BCUT2D eigenvalue weighted by Crippen LogP contribution is -2.50. The fourth-order valence-corrected chi connectivity index (χ4v) is 2.89. The van der Waals surface area contributed by atoms with Gasteiger partial charge in [-0.15, -0.1) is 0 Å². The second-order valence-corrected chi connectivity index (χ2v) is 5.79. The molecule has 2 aliphatic rings. The van der Waals surface area contributed by atoms with Gasteiger partial charge in [-0.1, -0.05) is 0 Å². The maximum absolute atomic E-state index is 12.2. The Morgan fingerprint density at radius 1 is 1.44 bits per heavy atom. The van der Waals surface area contributed by atoms with Crippen LogP contribution in [0.4, 0.5) is 0 Å². The topological polar surface area (TPSA) is 41.6 Å². The van der Waals surface area contributed by atoms with Crippen LogP contribution in [-0.2, 0) is 9.53 Å². The minimum atomic E-state index is 0.182. The summed E-state index contributed by atoms with van der Waals surface area (Å²) in [5.74, 6) is 1.000. The molecule has 2 saturated heterocycles. The Morgan fingerprint density at radius 3 is 3.00 bits per heavy atom. The molecular formula is C14H26N2O2. The Labute approximate surface area is 110 Å². The first-order valence-corrected chi connectivity index (χ1v) is 7.28. The van der Waals surface area contributed by atoms with Gasteiger partial charge in [-0.2, -0.15) is 0 Å². The van der Waals surface area contributed by atoms with Crippen LogP contribution in [0.2, 0.25) is 0 Å². The van der Waals surface area contributed by atoms with Crippen molar-refractivity contribution in [1.29, 1.82) is 0 Å². The minimum absolute atomic E-state index is 0.182. The molecule has 3 atom stereocenters. The van der Waals surface area contributed by atoms with E-state index in [4.69, 9.17) is 4.74 Å². The summed E-state index contributed by atoms with van der Waals surface area (Å²) in [7, 11) is 0. The van der Waals surface area contributed by atoms with Crippen LogP contribution in [0.5, 0.6) is 0 Å². The highest BCUT2D eigenvalue weighted by molar-refractivity contribution is 5.76. The first-order valence-electron chi connectivity index (χ1n) is 7.28. The third-order valence-electron chi connectivity index (χ3n) is 4.09. The van der Waals surface area contributed by atoms with Gasteiger partial charge in [0.15, 0.2) is 0 Å². The van der Waals surface area contributed by atoms with Crippen molar-refractivity contribution >= 4 is 5.91 Å². The number of hydrogen-bond donors (Lipinski definition) is 1. The molecule has 2 fully saturated rings. The number of rotatable bonds is 3. The van der Waals surface area contributed by atoms with Crippen LogP contribution in [0.3, 0.4) is 0 Å². The highest BCUT2D eigenvalue weighted by Gasteiger charge is 2.27. The van der Waals surface area contributed by atoms with Crippen LogP contribution in [0, 0.1) is 5.92 Å². The van der Waals surface area contributed by atoms with E-state index in [1.165, 1.54) is 12.8 Å². The van der Waals surface area contributed by atoms with E-state index in [1.807, 2.05) is 11.8 Å². The number of ether oxygens (including phenoxy) is 1. The molecule has 2 aliphatic heterocycles. The Kier molecular flexibility index (Phi) is 5.01. The van der Waals surface area contributed by atoms with Crippen molar-refractivity contribution in [3.05, 3.63) is 0 Å². The van der Waals surface area contributed by atoms with Gasteiger partial charge in [0.2, 0.25) is 5.91 Å². The van der Waals surface area contributed by atoms with E-state index in [2.05, 4.69) is 12.2 Å². The van der Waals surface area contributed by atoms with E-state index in [9.17, 15) is 4.79 Å². The van der Waals surface area contributed by atoms with Crippen molar-refractivity contribution in [3.8, 4) is 0 Å². The molecule has 0 radical (unpaired) electrons. The fraction of sp³-hybridized carbons (Fsp3) is 0.929. The average Bonchev–Trinajstić information content (AvgIpc) is 2.40. The highest BCUT2D eigenvalue weighted by atomic mass is 16.5. The normalized spacial score (nSPS) is 33.4. The summed E-state index contributed by atoms with van der Waals surface area (Å²) in [6, 6.07) is 0.234. The van der Waals surface area contributed by atoms with Crippen molar-refractivity contribution in [1.82, 2.24) is 10.2 Å². The number of nitrogens with one attached hydrogen (secondary N) is 1. The zero-order chi connectivity index (χ0) is 13.0. The molecule has 0 aromatic heterocycles. The molecule has 4 heteroatoms. The quantitative estimate of drug-likeness (QED) is 0.828. The zero-order valence-electron chi connectivity index (χ0n) is 11.7. The monoisotopic (exact) mass is 254 g/mol. The first-order chi connectivity index (χ1) is 8.66. The van der Waals surface area contributed by atoms with Gasteiger partial charge in [-0.25, -0.2) is 0 Å². The minimum Gasteiger partial charge on any atom is -0.375 e. The molecule has 1 N–H and O–H groups in total. The van der Waals surface area contributed by atoms with E-state index < -0.39 is 0 Å².